The van der Waals surface area contributed by atoms with Crippen LogP contribution in [0.5, 0.6) is 34.5 Å². The Labute approximate surface area is 286 Å². The molecule has 0 bridgehead atoms. The van der Waals surface area contributed by atoms with E-state index >= 15 is 0 Å². The van der Waals surface area contributed by atoms with E-state index in [2.05, 4.69) is 134 Å². The second-order valence-corrected chi connectivity index (χ2v) is 13.0. The summed E-state index contributed by atoms with van der Waals surface area (Å²) in [6.07, 6.45) is 0. The number of rotatable bonds is 5. The maximum Gasteiger partial charge on any atom is 0.177 e. The number of anilines is 3. The van der Waals surface area contributed by atoms with Gasteiger partial charge in [-0.15, -0.1) is 0 Å². The molecule has 0 spiro atoms. The third-order valence-corrected chi connectivity index (χ3v) is 9.61. The molecule has 2 heterocycles. The van der Waals surface area contributed by atoms with Gasteiger partial charge >= 0.3 is 0 Å². The van der Waals surface area contributed by atoms with Gasteiger partial charge in [-0.3, -0.25) is 0 Å². The van der Waals surface area contributed by atoms with Crippen molar-refractivity contribution in [3.05, 3.63) is 175 Å². The van der Waals surface area contributed by atoms with Gasteiger partial charge in [0.2, 0.25) is 0 Å². The van der Waals surface area contributed by atoms with Gasteiger partial charge in [0, 0.05) is 33.5 Å². The minimum Gasteiger partial charge on any atom is -0.455 e. The van der Waals surface area contributed by atoms with Crippen LogP contribution in [0.1, 0.15) is 25.0 Å². The Balaban J connectivity index is 1.15. The first-order valence-corrected chi connectivity index (χ1v) is 16.6. The molecule has 236 valence electrons. The standard InChI is InChI=1S/C45H33NO3/c1-45(2)36-15-6-7-18-39(36)48-44-37(45)16-11-17-38(44)46(33-26-22-31(23-27-33)30-12-4-3-5-13-30)34-28-24-32(25-29-34)35-14-10-21-42-43(35)49-41-20-9-8-19-40(41)47-42/h3-29H,1-2H3. The lowest BCUT2D eigenvalue weighted by molar-refractivity contribution is 0.361. The minimum atomic E-state index is -0.236. The lowest BCUT2D eigenvalue weighted by Crippen LogP contribution is -2.25. The van der Waals surface area contributed by atoms with E-state index in [1.807, 2.05) is 48.5 Å². The molecule has 2 aliphatic rings. The molecule has 49 heavy (non-hydrogen) atoms. The van der Waals surface area contributed by atoms with Crippen molar-refractivity contribution in [2.45, 2.75) is 19.3 Å². The summed E-state index contributed by atoms with van der Waals surface area (Å²) in [5.41, 5.74) is 9.47. The molecule has 4 heteroatoms. The van der Waals surface area contributed by atoms with E-state index in [1.54, 1.807) is 0 Å². The van der Waals surface area contributed by atoms with Crippen LogP contribution < -0.4 is 19.1 Å². The van der Waals surface area contributed by atoms with E-state index in [0.717, 1.165) is 51.0 Å². The number of para-hydroxylation sites is 5. The zero-order valence-corrected chi connectivity index (χ0v) is 27.3. The van der Waals surface area contributed by atoms with Crippen LogP contribution >= 0.6 is 0 Å². The summed E-state index contributed by atoms with van der Waals surface area (Å²) < 4.78 is 19.4. The topological polar surface area (TPSA) is 30.9 Å². The number of fused-ring (bicyclic) bond motifs is 4. The number of nitrogens with zero attached hydrogens (tertiary/aromatic N) is 1. The molecule has 0 saturated carbocycles. The fourth-order valence-electron chi connectivity index (χ4n) is 7.05. The zero-order valence-electron chi connectivity index (χ0n) is 27.3. The second-order valence-electron chi connectivity index (χ2n) is 13.0. The molecular formula is C45H33NO3. The van der Waals surface area contributed by atoms with Crippen molar-refractivity contribution in [1.29, 1.82) is 0 Å². The highest BCUT2D eigenvalue weighted by atomic mass is 16.6. The molecule has 0 aliphatic carbocycles. The molecule has 0 radical (unpaired) electrons. The maximum absolute atomic E-state index is 6.77. The highest BCUT2D eigenvalue weighted by molar-refractivity contribution is 5.85. The summed E-state index contributed by atoms with van der Waals surface area (Å²) in [5.74, 6) is 4.60. The van der Waals surface area contributed by atoms with E-state index in [-0.39, 0.29) is 5.41 Å². The van der Waals surface area contributed by atoms with Crippen LogP contribution in [0.4, 0.5) is 17.1 Å². The van der Waals surface area contributed by atoms with Gasteiger partial charge < -0.3 is 19.1 Å². The Kier molecular flexibility index (Phi) is 6.77. The van der Waals surface area contributed by atoms with Crippen LogP contribution in [0, 0.1) is 0 Å². The molecule has 0 fully saturated rings. The SMILES string of the molecule is CC1(C)c2ccccc2Oc2c(N(c3ccc(-c4ccccc4)cc3)c3ccc(-c4cccc5c4Oc4ccccc4O5)cc3)cccc21. The molecule has 4 nitrogen and oxygen atoms in total. The lowest BCUT2D eigenvalue weighted by Gasteiger charge is -2.37. The summed E-state index contributed by atoms with van der Waals surface area (Å²) >= 11 is 0. The first-order valence-electron chi connectivity index (χ1n) is 16.6. The van der Waals surface area contributed by atoms with E-state index in [0.29, 0.717) is 17.2 Å². The van der Waals surface area contributed by atoms with Crippen LogP contribution in [0.2, 0.25) is 0 Å². The Morgan fingerprint density at radius 3 is 1.65 bits per heavy atom. The normalized spacial score (nSPS) is 13.3. The molecular weight excluding hydrogens is 602 g/mol. The quantitative estimate of drug-likeness (QED) is 0.188. The molecule has 0 atom stereocenters. The monoisotopic (exact) mass is 635 g/mol. The number of hydrogen-bond donors (Lipinski definition) is 0. The minimum absolute atomic E-state index is 0.236. The summed E-state index contributed by atoms with van der Waals surface area (Å²) in [5, 5.41) is 0. The van der Waals surface area contributed by atoms with E-state index in [9.17, 15) is 0 Å². The van der Waals surface area contributed by atoms with Crippen molar-refractivity contribution >= 4 is 17.1 Å². The van der Waals surface area contributed by atoms with Gasteiger partial charge in [0.1, 0.15) is 5.75 Å². The third kappa shape index (κ3) is 4.92. The Morgan fingerprint density at radius 2 is 0.918 bits per heavy atom. The Morgan fingerprint density at radius 1 is 0.388 bits per heavy atom. The fraction of sp³-hybridized carbons (Fsp3) is 0.0667. The average molecular weight is 636 g/mol. The highest BCUT2D eigenvalue weighted by Crippen LogP contribution is 2.54. The average Bonchev–Trinajstić information content (AvgIpc) is 3.15. The van der Waals surface area contributed by atoms with Crippen molar-refractivity contribution in [1.82, 2.24) is 0 Å². The van der Waals surface area contributed by atoms with Crippen molar-refractivity contribution in [2.75, 3.05) is 4.90 Å². The largest absolute Gasteiger partial charge is 0.455 e. The van der Waals surface area contributed by atoms with E-state index < -0.39 is 0 Å². The zero-order chi connectivity index (χ0) is 33.0. The molecule has 9 rings (SSSR count). The van der Waals surface area contributed by atoms with Crippen molar-refractivity contribution in [2.24, 2.45) is 0 Å². The van der Waals surface area contributed by atoms with Crippen molar-refractivity contribution in [3.8, 4) is 56.8 Å². The van der Waals surface area contributed by atoms with Crippen LogP contribution in [0.15, 0.2) is 164 Å². The first kappa shape index (κ1) is 28.9. The van der Waals surface area contributed by atoms with E-state index in [4.69, 9.17) is 14.2 Å². The maximum atomic E-state index is 6.77. The third-order valence-electron chi connectivity index (χ3n) is 9.61. The molecule has 0 aromatic heterocycles. The van der Waals surface area contributed by atoms with Gasteiger partial charge in [-0.1, -0.05) is 123 Å². The van der Waals surface area contributed by atoms with Gasteiger partial charge in [-0.2, -0.15) is 0 Å². The second kappa shape index (κ2) is 11.5. The Hall–Kier alpha value is -6.26. The Bertz CT molecular complexity index is 2330. The molecule has 2 aliphatic heterocycles. The highest BCUT2D eigenvalue weighted by Gasteiger charge is 2.36. The van der Waals surface area contributed by atoms with Crippen LogP contribution in [0.25, 0.3) is 22.3 Å². The van der Waals surface area contributed by atoms with Gasteiger partial charge in [-0.25, -0.2) is 0 Å². The summed E-state index contributed by atoms with van der Waals surface area (Å²) in [6.45, 7) is 4.55. The van der Waals surface area contributed by atoms with Crippen LogP contribution in [-0.4, -0.2) is 0 Å². The number of ether oxygens (including phenoxy) is 3. The summed E-state index contributed by atoms with van der Waals surface area (Å²) in [7, 11) is 0. The van der Waals surface area contributed by atoms with Gasteiger partial charge in [0.15, 0.2) is 28.7 Å². The molecule has 0 N–H and O–H groups in total. The molecule has 7 aromatic carbocycles. The van der Waals surface area contributed by atoms with Crippen LogP contribution in [0.3, 0.4) is 0 Å². The number of benzene rings is 7. The molecule has 0 unspecified atom stereocenters. The first-order chi connectivity index (χ1) is 24.0. The van der Waals surface area contributed by atoms with Gasteiger partial charge in [0.05, 0.1) is 5.69 Å². The molecule has 0 amide bonds. The smallest absolute Gasteiger partial charge is 0.177 e. The summed E-state index contributed by atoms with van der Waals surface area (Å²) in [6, 6.07) is 56.5. The lowest BCUT2D eigenvalue weighted by atomic mass is 9.75. The number of hydrogen-bond acceptors (Lipinski definition) is 4. The van der Waals surface area contributed by atoms with Crippen molar-refractivity contribution in [3.63, 3.8) is 0 Å². The van der Waals surface area contributed by atoms with Crippen LogP contribution in [-0.2, 0) is 5.41 Å². The van der Waals surface area contributed by atoms with Gasteiger partial charge in [-0.05, 0) is 71.3 Å². The van der Waals surface area contributed by atoms with E-state index in [1.165, 1.54) is 16.7 Å². The molecule has 7 aromatic rings. The molecule has 0 saturated heterocycles. The van der Waals surface area contributed by atoms with Crippen molar-refractivity contribution < 1.29 is 14.2 Å². The predicted molar refractivity (Wildman–Crippen MR) is 197 cm³/mol. The summed E-state index contributed by atoms with van der Waals surface area (Å²) in [4.78, 5) is 2.29. The van der Waals surface area contributed by atoms with Gasteiger partial charge in [0.25, 0.3) is 0 Å². The predicted octanol–water partition coefficient (Wildman–Crippen LogP) is 12.8. The fourth-order valence-corrected chi connectivity index (χ4v) is 7.05.